The van der Waals surface area contributed by atoms with E-state index in [4.69, 9.17) is 0 Å². The van der Waals surface area contributed by atoms with E-state index in [1.807, 2.05) is 61.2 Å². The van der Waals surface area contributed by atoms with Crippen LogP contribution in [0.5, 0.6) is 0 Å². The third-order valence-corrected chi connectivity index (χ3v) is 6.24. The minimum Gasteiger partial charge on any atom is -0.348 e. The van der Waals surface area contributed by atoms with E-state index in [1.165, 1.54) is 16.3 Å². The van der Waals surface area contributed by atoms with Crippen LogP contribution in [0.25, 0.3) is 10.8 Å². The molecule has 5 nitrogen and oxygen atoms in total. The molecule has 0 aliphatic carbocycles. The second kappa shape index (κ2) is 9.96. The first-order valence-electron chi connectivity index (χ1n) is 11.3. The smallest absolute Gasteiger partial charge is 0.234 e. The molecule has 1 atom stereocenters. The number of hydrogen-bond donors (Lipinski definition) is 1. The molecular formula is C27H31N3O2. The maximum Gasteiger partial charge on any atom is 0.234 e. The molecule has 1 saturated heterocycles. The molecule has 5 heteroatoms. The van der Waals surface area contributed by atoms with Crippen LogP contribution in [0.1, 0.15) is 29.7 Å². The van der Waals surface area contributed by atoms with Crippen molar-refractivity contribution >= 4 is 22.6 Å². The van der Waals surface area contributed by atoms with Gasteiger partial charge in [0.1, 0.15) is 0 Å². The zero-order valence-corrected chi connectivity index (χ0v) is 18.9. The van der Waals surface area contributed by atoms with Crippen molar-refractivity contribution in [2.24, 2.45) is 0 Å². The van der Waals surface area contributed by atoms with Gasteiger partial charge in [-0.05, 0) is 35.7 Å². The number of nitrogens with one attached hydrogen (secondary N) is 1. The standard InChI is InChI=1S/C27H31N3O2/c1-20-10-12-22(13-11-20)18-27(32)30-16-14-29(15-17-30)19-26(31)28-21(2)24-9-5-7-23-6-3-4-8-25(23)24/h3-13,21H,14-19H2,1-2H3,(H,28,31). The quantitative estimate of drug-likeness (QED) is 0.650. The second-order valence-electron chi connectivity index (χ2n) is 8.68. The molecule has 1 unspecified atom stereocenters. The number of amides is 2. The van der Waals surface area contributed by atoms with Crippen molar-refractivity contribution in [3.8, 4) is 0 Å². The Morgan fingerprint density at radius 1 is 0.906 bits per heavy atom. The van der Waals surface area contributed by atoms with Gasteiger partial charge in [0.2, 0.25) is 11.8 Å². The summed E-state index contributed by atoms with van der Waals surface area (Å²) in [4.78, 5) is 29.3. The molecular weight excluding hydrogens is 398 g/mol. The Labute approximate surface area is 190 Å². The third-order valence-electron chi connectivity index (χ3n) is 6.24. The van der Waals surface area contributed by atoms with E-state index in [1.54, 1.807) is 0 Å². The molecule has 166 valence electrons. The first kappa shape index (κ1) is 22.0. The van der Waals surface area contributed by atoms with Crippen LogP contribution in [-0.2, 0) is 16.0 Å². The lowest BCUT2D eigenvalue weighted by molar-refractivity contribution is -0.132. The minimum absolute atomic E-state index is 0.0184. The Bertz CT molecular complexity index is 1080. The maximum absolute atomic E-state index is 12.7. The highest BCUT2D eigenvalue weighted by Gasteiger charge is 2.23. The van der Waals surface area contributed by atoms with Gasteiger partial charge in [0.25, 0.3) is 0 Å². The second-order valence-corrected chi connectivity index (χ2v) is 8.68. The van der Waals surface area contributed by atoms with E-state index in [2.05, 4.69) is 34.5 Å². The monoisotopic (exact) mass is 429 g/mol. The van der Waals surface area contributed by atoms with Crippen LogP contribution in [0.2, 0.25) is 0 Å². The van der Waals surface area contributed by atoms with Gasteiger partial charge in [0.15, 0.2) is 0 Å². The van der Waals surface area contributed by atoms with E-state index >= 15 is 0 Å². The van der Waals surface area contributed by atoms with Crippen LogP contribution in [0, 0.1) is 6.92 Å². The molecule has 0 bridgehead atoms. The lowest BCUT2D eigenvalue weighted by Crippen LogP contribution is -2.51. The number of carbonyl (C=O) groups is 2. The van der Waals surface area contributed by atoms with E-state index in [9.17, 15) is 9.59 Å². The molecule has 1 aliphatic heterocycles. The number of fused-ring (bicyclic) bond motifs is 1. The van der Waals surface area contributed by atoms with Gasteiger partial charge >= 0.3 is 0 Å². The molecule has 2 amide bonds. The van der Waals surface area contributed by atoms with Crippen LogP contribution >= 0.6 is 0 Å². The molecule has 0 radical (unpaired) electrons. The van der Waals surface area contributed by atoms with Crippen molar-refractivity contribution < 1.29 is 9.59 Å². The van der Waals surface area contributed by atoms with Gasteiger partial charge in [0, 0.05) is 26.2 Å². The summed E-state index contributed by atoms with van der Waals surface area (Å²) in [5, 5.41) is 5.49. The molecule has 3 aromatic carbocycles. The SMILES string of the molecule is Cc1ccc(CC(=O)N2CCN(CC(=O)NC(C)c3cccc4ccccc34)CC2)cc1. The van der Waals surface area contributed by atoms with E-state index < -0.39 is 0 Å². The number of carbonyl (C=O) groups excluding carboxylic acids is 2. The predicted octanol–water partition coefficient (Wildman–Crippen LogP) is 3.71. The molecule has 0 saturated carbocycles. The van der Waals surface area contributed by atoms with Crippen molar-refractivity contribution in [3.63, 3.8) is 0 Å². The van der Waals surface area contributed by atoms with Gasteiger partial charge in [-0.2, -0.15) is 0 Å². The van der Waals surface area contributed by atoms with Crippen LogP contribution in [-0.4, -0.2) is 54.3 Å². The molecule has 1 N–H and O–H groups in total. The molecule has 32 heavy (non-hydrogen) atoms. The highest BCUT2D eigenvalue weighted by atomic mass is 16.2. The van der Waals surface area contributed by atoms with Crippen molar-refractivity contribution in [2.75, 3.05) is 32.7 Å². The summed E-state index contributed by atoms with van der Waals surface area (Å²) in [6.07, 6.45) is 0.434. The summed E-state index contributed by atoms with van der Waals surface area (Å²) in [5.41, 5.74) is 3.37. The zero-order chi connectivity index (χ0) is 22.5. The number of aryl methyl sites for hydroxylation is 1. The summed E-state index contributed by atoms with van der Waals surface area (Å²) >= 11 is 0. The summed E-state index contributed by atoms with van der Waals surface area (Å²) < 4.78 is 0. The minimum atomic E-state index is -0.0639. The van der Waals surface area contributed by atoms with Crippen LogP contribution in [0.4, 0.5) is 0 Å². The number of benzene rings is 3. The molecule has 1 aliphatic rings. The number of nitrogens with zero attached hydrogens (tertiary/aromatic N) is 2. The van der Waals surface area contributed by atoms with Crippen LogP contribution in [0.15, 0.2) is 66.7 Å². The van der Waals surface area contributed by atoms with E-state index in [0.29, 0.717) is 26.1 Å². The van der Waals surface area contributed by atoms with Gasteiger partial charge in [-0.25, -0.2) is 0 Å². The van der Waals surface area contributed by atoms with Gasteiger partial charge < -0.3 is 10.2 Å². The van der Waals surface area contributed by atoms with Gasteiger partial charge in [-0.3, -0.25) is 14.5 Å². The largest absolute Gasteiger partial charge is 0.348 e. The van der Waals surface area contributed by atoms with Crippen molar-refractivity contribution in [1.29, 1.82) is 0 Å². The average molecular weight is 430 g/mol. The Kier molecular flexibility index (Phi) is 6.86. The van der Waals surface area contributed by atoms with Gasteiger partial charge in [-0.15, -0.1) is 0 Å². The van der Waals surface area contributed by atoms with Gasteiger partial charge in [-0.1, -0.05) is 72.3 Å². The zero-order valence-electron chi connectivity index (χ0n) is 18.9. The summed E-state index contributed by atoms with van der Waals surface area (Å²) in [5.74, 6) is 0.174. The Morgan fingerprint density at radius 2 is 1.59 bits per heavy atom. The summed E-state index contributed by atoms with van der Waals surface area (Å²) in [7, 11) is 0. The van der Waals surface area contributed by atoms with E-state index in [-0.39, 0.29) is 17.9 Å². The normalized spacial score (nSPS) is 15.5. The van der Waals surface area contributed by atoms with Gasteiger partial charge in [0.05, 0.1) is 19.0 Å². The molecule has 4 rings (SSSR count). The number of hydrogen-bond acceptors (Lipinski definition) is 3. The molecule has 0 aromatic heterocycles. The Balaban J connectivity index is 1.26. The fourth-order valence-corrected chi connectivity index (χ4v) is 4.34. The topological polar surface area (TPSA) is 52.7 Å². The molecule has 1 fully saturated rings. The summed E-state index contributed by atoms with van der Waals surface area (Å²) in [6.45, 7) is 7.19. The highest BCUT2D eigenvalue weighted by molar-refractivity contribution is 5.87. The Hall–Kier alpha value is -3.18. The molecule has 1 heterocycles. The molecule has 3 aromatic rings. The van der Waals surface area contributed by atoms with E-state index in [0.717, 1.165) is 24.2 Å². The average Bonchev–Trinajstić information content (AvgIpc) is 2.80. The predicted molar refractivity (Wildman–Crippen MR) is 128 cm³/mol. The highest BCUT2D eigenvalue weighted by Crippen LogP contribution is 2.24. The lowest BCUT2D eigenvalue weighted by atomic mass is 10.00. The fourth-order valence-electron chi connectivity index (χ4n) is 4.34. The maximum atomic E-state index is 12.7. The van der Waals surface area contributed by atoms with Crippen LogP contribution < -0.4 is 5.32 Å². The summed E-state index contributed by atoms with van der Waals surface area (Å²) in [6, 6.07) is 22.5. The first-order chi connectivity index (χ1) is 15.5. The lowest BCUT2D eigenvalue weighted by Gasteiger charge is -2.34. The van der Waals surface area contributed by atoms with Crippen molar-refractivity contribution in [2.45, 2.75) is 26.3 Å². The van der Waals surface area contributed by atoms with Crippen molar-refractivity contribution in [1.82, 2.24) is 15.1 Å². The van der Waals surface area contributed by atoms with Crippen LogP contribution in [0.3, 0.4) is 0 Å². The molecule has 0 spiro atoms. The number of piperazine rings is 1. The number of rotatable bonds is 6. The fraction of sp³-hybridized carbons (Fsp3) is 0.333. The van der Waals surface area contributed by atoms with Crippen molar-refractivity contribution in [3.05, 3.63) is 83.4 Å². The third kappa shape index (κ3) is 5.35. The Morgan fingerprint density at radius 3 is 2.34 bits per heavy atom. The first-order valence-corrected chi connectivity index (χ1v) is 11.3.